The van der Waals surface area contributed by atoms with Gasteiger partial charge in [-0.05, 0) is 57.4 Å². The maximum Gasteiger partial charge on any atom is 0.328 e. The number of fused-ring (bicyclic) bond motifs is 1. The van der Waals surface area contributed by atoms with E-state index in [2.05, 4.69) is 20.6 Å². The Morgan fingerprint density at radius 3 is 2.63 bits per heavy atom. The smallest absolute Gasteiger partial charge is 0.328 e. The Hall–Kier alpha value is -2.71. The molecule has 0 aliphatic heterocycles. The van der Waals surface area contributed by atoms with Crippen LogP contribution in [0.15, 0.2) is 18.5 Å². The summed E-state index contributed by atoms with van der Waals surface area (Å²) in [4.78, 5) is 35.1. The fourth-order valence-electron chi connectivity index (χ4n) is 3.07. The molecule has 1 atom stereocenters. The molecule has 3 aromatic rings. The Kier molecular flexibility index (Phi) is 6.58. The minimum atomic E-state index is -0.694. The van der Waals surface area contributed by atoms with Gasteiger partial charge in [-0.1, -0.05) is 17.7 Å². The van der Waals surface area contributed by atoms with E-state index in [0.717, 1.165) is 31.8 Å². The van der Waals surface area contributed by atoms with Crippen LogP contribution >= 0.6 is 22.9 Å². The number of carbonyl (C=O) groups is 2. The first-order chi connectivity index (χ1) is 14.2. The van der Waals surface area contributed by atoms with Crippen LogP contribution in [0.4, 0.5) is 11.5 Å². The molecule has 0 radical (unpaired) electrons. The lowest BCUT2D eigenvalue weighted by atomic mass is 10.1. The number of aryl methyl sites for hydroxylation is 4. The van der Waals surface area contributed by atoms with Crippen LogP contribution in [0.5, 0.6) is 0 Å². The minimum Gasteiger partial charge on any atom is -0.454 e. The summed E-state index contributed by atoms with van der Waals surface area (Å²) in [5.41, 5.74) is 3.42. The maximum atomic E-state index is 12.4. The number of hydrogen-bond donors (Lipinski definition) is 2. The lowest BCUT2D eigenvalue weighted by molar-refractivity contribution is -0.147. The van der Waals surface area contributed by atoms with Crippen molar-refractivity contribution in [2.24, 2.45) is 0 Å². The summed E-state index contributed by atoms with van der Waals surface area (Å²) in [6.07, 6.45) is 1.46. The molecule has 0 aliphatic carbocycles. The molecule has 158 valence electrons. The largest absolute Gasteiger partial charge is 0.454 e. The zero-order valence-corrected chi connectivity index (χ0v) is 19.0. The van der Waals surface area contributed by atoms with E-state index < -0.39 is 24.5 Å². The van der Waals surface area contributed by atoms with E-state index >= 15 is 0 Å². The van der Waals surface area contributed by atoms with Gasteiger partial charge >= 0.3 is 5.97 Å². The second-order valence-electron chi connectivity index (χ2n) is 7.15. The zero-order chi connectivity index (χ0) is 22.0. The third-order valence-corrected chi connectivity index (χ3v) is 6.13. The lowest BCUT2D eigenvalue weighted by Gasteiger charge is -2.15. The fourth-order valence-corrected chi connectivity index (χ4v) is 4.43. The summed E-state index contributed by atoms with van der Waals surface area (Å²) < 4.78 is 5.16. The zero-order valence-electron chi connectivity index (χ0n) is 17.4. The van der Waals surface area contributed by atoms with Crippen LogP contribution in [0.2, 0.25) is 5.02 Å². The number of amides is 1. The van der Waals surface area contributed by atoms with Crippen molar-refractivity contribution in [2.75, 3.05) is 17.2 Å². The first kappa shape index (κ1) is 22.0. The van der Waals surface area contributed by atoms with Crippen molar-refractivity contribution in [3.05, 3.63) is 45.1 Å². The van der Waals surface area contributed by atoms with E-state index in [9.17, 15) is 9.59 Å². The second kappa shape index (κ2) is 8.97. The van der Waals surface area contributed by atoms with Gasteiger partial charge < -0.3 is 15.4 Å². The Balaban J connectivity index is 1.61. The van der Waals surface area contributed by atoms with Crippen molar-refractivity contribution in [3.63, 3.8) is 0 Å². The van der Waals surface area contributed by atoms with Gasteiger partial charge in [0.2, 0.25) is 0 Å². The summed E-state index contributed by atoms with van der Waals surface area (Å²) in [6.45, 7) is 9.03. The number of halogens is 1. The molecule has 0 aliphatic rings. The topological polar surface area (TPSA) is 93.2 Å². The van der Waals surface area contributed by atoms with Crippen molar-refractivity contribution in [2.45, 2.75) is 40.7 Å². The van der Waals surface area contributed by atoms with Gasteiger partial charge in [0.05, 0.1) is 16.1 Å². The highest BCUT2D eigenvalue weighted by Gasteiger charge is 2.20. The normalized spacial score (nSPS) is 11.9. The molecule has 0 bridgehead atoms. The molecule has 3 rings (SSSR count). The predicted octanol–water partition coefficient (Wildman–Crippen LogP) is 4.56. The number of nitrogens with zero attached hydrogens (tertiary/aromatic N) is 2. The number of hydrogen-bond acceptors (Lipinski definition) is 7. The van der Waals surface area contributed by atoms with Gasteiger partial charge in [0.1, 0.15) is 23.0 Å². The van der Waals surface area contributed by atoms with Crippen LogP contribution in [0, 0.1) is 27.7 Å². The molecule has 9 heteroatoms. The molecule has 1 amide bonds. The SMILES string of the molecule is Cc1cc(C)c(NC(=O)COC(=O)C(C)Nc2ncnc3sc(C)c(C)c23)c(Cl)c1. The van der Waals surface area contributed by atoms with E-state index in [0.29, 0.717) is 16.5 Å². The molecule has 1 aromatic carbocycles. The summed E-state index contributed by atoms with van der Waals surface area (Å²) in [5.74, 6) is -0.454. The monoisotopic (exact) mass is 446 g/mol. The number of esters is 1. The second-order valence-corrected chi connectivity index (χ2v) is 8.76. The molecule has 0 fully saturated rings. The molecule has 2 N–H and O–H groups in total. The third kappa shape index (κ3) is 4.71. The number of aromatic nitrogens is 2. The molecular weight excluding hydrogens is 424 g/mol. The van der Waals surface area contributed by atoms with Crippen LogP contribution < -0.4 is 10.6 Å². The van der Waals surface area contributed by atoms with E-state index in [1.807, 2.05) is 33.8 Å². The maximum absolute atomic E-state index is 12.4. The van der Waals surface area contributed by atoms with Gasteiger partial charge in [0.25, 0.3) is 5.91 Å². The van der Waals surface area contributed by atoms with E-state index in [1.54, 1.807) is 24.3 Å². The number of ether oxygens (including phenoxy) is 1. The average Bonchev–Trinajstić information content (AvgIpc) is 2.97. The number of benzene rings is 1. The number of carbonyl (C=O) groups excluding carboxylic acids is 2. The lowest BCUT2D eigenvalue weighted by Crippen LogP contribution is -2.31. The van der Waals surface area contributed by atoms with E-state index in [4.69, 9.17) is 16.3 Å². The van der Waals surface area contributed by atoms with Crippen molar-refractivity contribution in [1.82, 2.24) is 9.97 Å². The van der Waals surface area contributed by atoms with Crippen molar-refractivity contribution >= 4 is 56.5 Å². The molecular formula is C21H23ClN4O3S. The summed E-state index contributed by atoms with van der Waals surface area (Å²) in [7, 11) is 0. The molecule has 2 aromatic heterocycles. The van der Waals surface area contributed by atoms with Crippen molar-refractivity contribution in [1.29, 1.82) is 0 Å². The highest BCUT2D eigenvalue weighted by molar-refractivity contribution is 7.18. The van der Waals surface area contributed by atoms with Gasteiger partial charge in [-0.25, -0.2) is 14.8 Å². The van der Waals surface area contributed by atoms with Crippen LogP contribution in [-0.2, 0) is 14.3 Å². The van der Waals surface area contributed by atoms with Crippen molar-refractivity contribution < 1.29 is 14.3 Å². The average molecular weight is 447 g/mol. The van der Waals surface area contributed by atoms with Crippen LogP contribution in [0.3, 0.4) is 0 Å². The highest BCUT2D eigenvalue weighted by Crippen LogP contribution is 2.32. The minimum absolute atomic E-state index is 0.412. The molecule has 30 heavy (non-hydrogen) atoms. The Morgan fingerprint density at radius 1 is 1.20 bits per heavy atom. The predicted molar refractivity (Wildman–Crippen MR) is 120 cm³/mol. The molecule has 0 saturated heterocycles. The molecule has 7 nitrogen and oxygen atoms in total. The number of anilines is 2. The fraction of sp³-hybridized carbons (Fsp3) is 0.333. The van der Waals surface area contributed by atoms with Crippen LogP contribution in [0.1, 0.15) is 28.5 Å². The number of rotatable bonds is 6. The van der Waals surface area contributed by atoms with Crippen molar-refractivity contribution in [3.8, 4) is 0 Å². The quantitative estimate of drug-likeness (QED) is 0.539. The highest BCUT2D eigenvalue weighted by atomic mass is 35.5. The standard InChI is InChI=1S/C21H23ClN4O3S/c1-10-6-11(2)18(15(22)7-10)26-16(27)8-29-21(28)13(4)25-19-17-12(3)14(5)30-20(17)24-9-23-19/h6-7,9,13H,8H2,1-5H3,(H,26,27)(H,23,24,25). The molecule has 1 unspecified atom stereocenters. The van der Waals surface area contributed by atoms with Gasteiger partial charge in [-0.3, -0.25) is 4.79 Å². The Morgan fingerprint density at radius 2 is 1.93 bits per heavy atom. The third-order valence-electron chi connectivity index (χ3n) is 4.71. The summed E-state index contributed by atoms with van der Waals surface area (Å²) in [5, 5.41) is 7.09. The Bertz CT molecular complexity index is 1110. The van der Waals surface area contributed by atoms with E-state index in [1.165, 1.54) is 6.33 Å². The number of thiophene rings is 1. The van der Waals surface area contributed by atoms with Gasteiger partial charge in [0.15, 0.2) is 6.61 Å². The van der Waals surface area contributed by atoms with Gasteiger partial charge in [-0.2, -0.15) is 0 Å². The first-order valence-corrected chi connectivity index (χ1v) is 10.6. The van der Waals surface area contributed by atoms with Gasteiger partial charge in [-0.15, -0.1) is 11.3 Å². The summed E-state index contributed by atoms with van der Waals surface area (Å²) in [6, 6.07) is 2.98. The van der Waals surface area contributed by atoms with Gasteiger partial charge in [0, 0.05) is 4.88 Å². The first-order valence-electron chi connectivity index (χ1n) is 9.37. The number of nitrogens with one attached hydrogen (secondary N) is 2. The van der Waals surface area contributed by atoms with Crippen LogP contribution in [0.25, 0.3) is 10.2 Å². The molecule has 2 heterocycles. The summed E-state index contributed by atoms with van der Waals surface area (Å²) >= 11 is 7.78. The van der Waals surface area contributed by atoms with Crippen LogP contribution in [-0.4, -0.2) is 34.5 Å². The Labute approximate surface area is 183 Å². The molecule has 0 spiro atoms. The van der Waals surface area contributed by atoms with E-state index in [-0.39, 0.29) is 0 Å². The molecule has 0 saturated carbocycles.